The Hall–Kier alpha value is -1.60. The van der Waals surface area contributed by atoms with Gasteiger partial charge in [-0.15, -0.1) is 5.10 Å². The van der Waals surface area contributed by atoms with Gasteiger partial charge in [-0.05, 0) is 62.7 Å². The van der Waals surface area contributed by atoms with Crippen LogP contribution in [-0.4, -0.2) is 31.4 Å². The van der Waals surface area contributed by atoms with Crippen molar-refractivity contribution < 1.29 is 4.79 Å². The number of thioether (sulfide) groups is 1. The van der Waals surface area contributed by atoms with Crippen LogP contribution in [0.25, 0.3) is 0 Å². The molecule has 1 aromatic carbocycles. The van der Waals surface area contributed by atoms with E-state index in [1.807, 2.05) is 46.8 Å². The molecule has 1 aromatic heterocycles. The van der Waals surface area contributed by atoms with Crippen molar-refractivity contribution in [3.63, 3.8) is 0 Å². The van der Waals surface area contributed by atoms with E-state index >= 15 is 0 Å². The smallest absolute Gasteiger partial charge is 0.237 e. The number of tetrazole rings is 1. The highest BCUT2D eigenvalue weighted by Crippen LogP contribution is 2.27. The Morgan fingerprint density at radius 3 is 2.74 bits per heavy atom. The van der Waals surface area contributed by atoms with E-state index in [4.69, 9.17) is 11.6 Å². The maximum absolute atomic E-state index is 12.4. The molecule has 0 aliphatic rings. The largest absolute Gasteiger partial charge is 0.325 e. The molecule has 8 heteroatoms. The van der Waals surface area contributed by atoms with Crippen LogP contribution in [0.2, 0.25) is 5.02 Å². The van der Waals surface area contributed by atoms with Crippen molar-refractivity contribution in [2.45, 2.75) is 50.6 Å². The molecule has 124 valence electrons. The molecule has 23 heavy (non-hydrogen) atoms. The molecule has 0 spiro atoms. The number of amides is 1. The summed E-state index contributed by atoms with van der Waals surface area (Å²) in [4.78, 5) is 12.4. The minimum absolute atomic E-state index is 0.121. The van der Waals surface area contributed by atoms with Crippen molar-refractivity contribution in [3.8, 4) is 0 Å². The molecule has 1 heterocycles. The van der Waals surface area contributed by atoms with Crippen LogP contribution in [0.1, 0.15) is 33.3 Å². The number of halogens is 1. The third kappa shape index (κ3) is 4.23. The van der Waals surface area contributed by atoms with E-state index in [0.717, 1.165) is 5.56 Å². The molecule has 0 bridgehead atoms. The molecule has 1 unspecified atom stereocenters. The van der Waals surface area contributed by atoms with Crippen molar-refractivity contribution >= 4 is 35.0 Å². The molecular formula is C15H20ClN5OS. The van der Waals surface area contributed by atoms with Crippen LogP contribution in [0.15, 0.2) is 23.4 Å². The van der Waals surface area contributed by atoms with E-state index in [1.54, 1.807) is 10.7 Å². The number of rotatable bonds is 4. The average Bonchev–Trinajstić information content (AvgIpc) is 2.92. The second kappa shape index (κ2) is 6.88. The Morgan fingerprint density at radius 1 is 1.39 bits per heavy atom. The molecule has 0 aliphatic heterocycles. The van der Waals surface area contributed by atoms with E-state index in [1.165, 1.54) is 11.8 Å². The van der Waals surface area contributed by atoms with Crippen LogP contribution < -0.4 is 5.32 Å². The fourth-order valence-electron chi connectivity index (χ4n) is 1.86. The van der Waals surface area contributed by atoms with E-state index in [-0.39, 0.29) is 16.7 Å². The second-order valence-corrected chi connectivity index (χ2v) is 7.92. The van der Waals surface area contributed by atoms with Gasteiger partial charge in [-0.1, -0.05) is 29.4 Å². The maximum atomic E-state index is 12.4. The number of hydrogen-bond acceptors (Lipinski definition) is 5. The van der Waals surface area contributed by atoms with Crippen molar-refractivity contribution in [2.75, 3.05) is 5.32 Å². The van der Waals surface area contributed by atoms with Crippen LogP contribution in [-0.2, 0) is 10.3 Å². The molecular weight excluding hydrogens is 334 g/mol. The average molecular weight is 354 g/mol. The molecule has 6 nitrogen and oxygen atoms in total. The number of carbonyl (C=O) groups excluding carboxylic acids is 1. The van der Waals surface area contributed by atoms with Gasteiger partial charge in [0.15, 0.2) is 0 Å². The predicted octanol–water partition coefficient (Wildman–Crippen LogP) is 3.51. The normalized spacial score (nSPS) is 13.0. The van der Waals surface area contributed by atoms with E-state index < -0.39 is 0 Å². The van der Waals surface area contributed by atoms with Crippen LogP contribution in [0.5, 0.6) is 0 Å². The minimum atomic E-state index is -0.347. The van der Waals surface area contributed by atoms with Crippen LogP contribution in [0.4, 0.5) is 5.69 Å². The Bertz CT molecular complexity index is 710. The summed E-state index contributed by atoms with van der Waals surface area (Å²) in [5, 5.41) is 15.5. The van der Waals surface area contributed by atoms with E-state index in [9.17, 15) is 4.79 Å². The highest BCUT2D eigenvalue weighted by Gasteiger charge is 2.24. The number of carbonyl (C=O) groups is 1. The first-order valence-electron chi connectivity index (χ1n) is 7.21. The lowest BCUT2D eigenvalue weighted by atomic mass is 10.1. The van der Waals surface area contributed by atoms with Gasteiger partial charge >= 0.3 is 0 Å². The number of nitrogens with zero attached hydrogens (tertiary/aromatic N) is 4. The Balaban J connectivity index is 2.09. The van der Waals surface area contributed by atoms with Gasteiger partial charge in [-0.2, -0.15) is 0 Å². The molecule has 0 saturated carbocycles. The lowest BCUT2D eigenvalue weighted by Crippen LogP contribution is -2.27. The molecule has 1 atom stereocenters. The zero-order chi connectivity index (χ0) is 17.2. The first-order valence-corrected chi connectivity index (χ1v) is 8.47. The number of benzene rings is 1. The lowest BCUT2D eigenvalue weighted by Gasteiger charge is -2.20. The van der Waals surface area contributed by atoms with Crippen molar-refractivity contribution in [3.05, 3.63) is 28.8 Å². The predicted molar refractivity (Wildman–Crippen MR) is 93.0 cm³/mol. The van der Waals surface area contributed by atoms with Crippen LogP contribution in [0, 0.1) is 6.92 Å². The third-order valence-electron chi connectivity index (χ3n) is 3.25. The SMILES string of the molecule is Cc1c(Cl)cccc1NC(=O)C(C)Sc1nnnn1C(C)(C)C. The van der Waals surface area contributed by atoms with Gasteiger partial charge < -0.3 is 5.32 Å². The van der Waals surface area contributed by atoms with Gasteiger partial charge in [0.25, 0.3) is 0 Å². The molecule has 0 fully saturated rings. The van der Waals surface area contributed by atoms with Crippen LogP contribution >= 0.6 is 23.4 Å². The van der Waals surface area contributed by atoms with Crippen molar-refractivity contribution in [2.24, 2.45) is 0 Å². The highest BCUT2D eigenvalue weighted by molar-refractivity contribution is 8.00. The van der Waals surface area contributed by atoms with E-state index in [2.05, 4.69) is 20.8 Å². The van der Waals surface area contributed by atoms with Gasteiger partial charge in [0.05, 0.1) is 10.8 Å². The summed E-state index contributed by atoms with van der Waals surface area (Å²) >= 11 is 7.40. The molecule has 1 amide bonds. The minimum Gasteiger partial charge on any atom is -0.325 e. The van der Waals surface area contributed by atoms with E-state index in [0.29, 0.717) is 15.9 Å². The summed E-state index contributed by atoms with van der Waals surface area (Å²) in [6.07, 6.45) is 0. The molecule has 0 aliphatic carbocycles. The Labute approximate surface area is 145 Å². The lowest BCUT2D eigenvalue weighted by molar-refractivity contribution is -0.115. The molecule has 2 rings (SSSR count). The monoisotopic (exact) mass is 353 g/mol. The fraction of sp³-hybridized carbons (Fsp3) is 0.467. The Kier molecular flexibility index (Phi) is 5.31. The van der Waals surface area contributed by atoms with Crippen molar-refractivity contribution in [1.29, 1.82) is 0 Å². The maximum Gasteiger partial charge on any atom is 0.237 e. The summed E-state index contributed by atoms with van der Waals surface area (Å²) < 4.78 is 1.71. The molecule has 0 radical (unpaired) electrons. The van der Waals surface area contributed by atoms with Crippen LogP contribution in [0.3, 0.4) is 0 Å². The highest BCUT2D eigenvalue weighted by atomic mass is 35.5. The van der Waals surface area contributed by atoms with Gasteiger partial charge in [-0.3, -0.25) is 4.79 Å². The number of aromatic nitrogens is 4. The topological polar surface area (TPSA) is 72.7 Å². The van der Waals surface area contributed by atoms with Gasteiger partial charge in [0.2, 0.25) is 11.1 Å². The quantitative estimate of drug-likeness (QED) is 0.851. The summed E-state index contributed by atoms with van der Waals surface area (Å²) in [6, 6.07) is 5.43. The number of nitrogens with one attached hydrogen (secondary N) is 1. The summed E-state index contributed by atoms with van der Waals surface area (Å²) in [6.45, 7) is 9.71. The molecule has 2 aromatic rings. The first-order chi connectivity index (χ1) is 10.7. The summed E-state index contributed by atoms with van der Waals surface area (Å²) in [5.74, 6) is -0.121. The van der Waals surface area contributed by atoms with Gasteiger partial charge in [-0.25, -0.2) is 4.68 Å². The zero-order valence-corrected chi connectivity index (χ0v) is 15.4. The third-order valence-corrected chi connectivity index (χ3v) is 4.70. The van der Waals surface area contributed by atoms with Crippen molar-refractivity contribution in [1.82, 2.24) is 20.2 Å². The molecule has 1 N–H and O–H groups in total. The standard InChI is InChI=1S/C15H20ClN5OS/c1-9-11(16)7-6-8-12(9)17-13(22)10(2)23-14-18-19-20-21(14)15(3,4)5/h6-8,10H,1-5H3,(H,17,22). The zero-order valence-electron chi connectivity index (χ0n) is 13.8. The summed E-state index contributed by atoms with van der Waals surface area (Å²) in [5.41, 5.74) is 1.32. The number of anilines is 1. The fourth-order valence-corrected chi connectivity index (χ4v) is 3.01. The molecule has 0 saturated heterocycles. The number of hydrogen-bond donors (Lipinski definition) is 1. The Morgan fingerprint density at radius 2 is 2.09 bits per heavy atom. The van der Waals surface area contributed by atoms with Gasteiger partial charge in [0, 0.05) is 10.7 Å². The second-order valence-electron chi connectivity index (χ2n) is 6.21. The van der Waals surface area contributed by atoms with Gasteiger partial charge in [0.1, 0.15) is 0 Å². The first kappa shape index (κ1) is 17.7. The summed E-state index contributed by atoms with van der Waals surface area (Å²) in [7, 11) is 0.